The summed E-state index contributed by atoms with van der Waals surface area (Å²) in [5.74, 6) is -0.469. The maximum absolute atomic E-state index is 12.1. The molecule has 0 N–H and O–H groups in total. The van der Waals surface area contributed by atoms with Crippen molar-refractivity contribution in [2.24, 2.45) is 0 Å². The van der Waals surface area contributed by atoms with Crippen molar-refractivity contribution in [2.75, 3.05) is 7.11 Å². The average molecular weight is 459 g/mol. The van der Waals surface area contributed by atoms with Gasteiger partial charge < -0.3 is 4.74 Å². The summed E-state index contributed by atoms with van der Waals surface area (Å²) in [6.07, 6.45) is 0. The molecule has 0 unspecified atom stereocenters. The van der Waals surface area contributed by atoms with Crippen molar-refractivity contribution in [1.29, 1.82) is 0 Å². The number of nitrogens with zero attached hydrogens (tertiary/aromatic N) is 1. The van der Waals surface area contributed by atoms with Crippen molar-refractivity contribution in [2.45, 2.75) is 52.6 Å². The van der Waals surface area contributed by atoms with Crippen LogP contribution in [0.5, 0.6) is 0 Å². The molecule has 5 heteroatoms. The normalized spacial score (nSPS) is 11.7. The Balaban J connectivity index is 2.21. The Morgan fingerprint density at radius 3 is 1.97 bits per heavy atom. The van der Waals surface area contributed by atoms with Crippen LogP contribution in [0, 0.1) is 0 Å². The van der Waals surface area contributed by atoms with Gasteiger partial charge in [-0.25, -0.2) is 9.63 Å². The lowest BCUT2D eigenvalue weighted by Gasteiger charge is -2.27. The number of hydrogen-bond donors (Lipinski definition) is 0. The zero-order valence-electron chi connectivity index (χ0n) is 20.9. The monoisotopic (exact) mass is 458 g/mol. The van der Waals surface area contributed by atoms with Gasteiger partial charge in [0, 0.05) is 5.56 Å². The van der Waals surface area contributed by atoms with Crippen molar-refractivity contribution in [3.63, 3.8) is 0 Å². The number of benzene rings is 3. The summed E-state index contributed by atoms with van der Waals surface area (Å²) < 4.78 is 4.83. The molecule has 3 aromatic rings. The van der Waals surface area contributed by atoms with Gasteiger partial charge in [-0.05, 0) is 66.1 Å². The third kappa shape index (κ3) is 5.54. The van der Waals surface area contributed by atoms with E-state index in [1.807, 2.05) is 54.6 Å². The van der Waals surface area contributed by atoms with Crippen LogP contribution < -0.4 is 5.48 Å². The highest BCUT2D eigenvalue weighted by molar-refractivity contribution is 5.95. The molecule has 0 aromatic heterocycles. The van der Waals surface area contributed by atoms with E-state index in [1.165, 1.54) is 7.11 Å². The number of hydrogen-bond acceptors (Lipinski definition) is 4. The Hall–Kier alpha value is -3.44. The second-order valence-corrected chi connectivity index (χ2v) is 9.85. The van der Waals surface area contributed by atoms with Gasteiger partial charge in [0.25, 0.3) is 0 Å². The van der Waals surface area contributed by atoms with Gasteiger partial charge in [-0.15, -0.1) is 5.48 Å². The quantitative estimate of drug-likeness (QED) is 0.226. The van der Waals surface area contributed by atoms with Gasteiger partial charge >= 0.3 is 5.97 Å². The fraction of sp³-hybridized carbons (Fsp3) is 0.310. The first-order valence-electron chi connectivity index (χ1n) is 11.3. The summed E-state index contributed by atoms with van der Waals surface area (Å²) in [4.78, 5) is 29.5. The summed E-state index contributed by atoms with van der Waals surface area (Å²) in [6.45, 7) is 11.2. The SMILES string of the molecule is COC(=O)C(C)(C)O[N]c1cc(-c2ccccc2)c(-c2ccc(C(C)=O)cc2)c(C(C)(C)C)c1. The standard InChI is InChI=1S/C29H32NO4/c1-19(31)20-13-15-22(16-14-20)26-24(21-11-9-8-10-12-21)17-23(18-25(26)28(2,3)4)30-34-29(5,6)27(32)33-7/h8-18H,1-7H3. The molecule has 3 rings (SSSR count). The highest BCUT2D eigenvalue weighted by Crippen LogP contribution is 2.42. The number of esters is 1. The molecule has 3 aromatic carbocycles. The molecule has 0 aliphatic heterocycles. The van der Waals surface area contributed by atoms with E-state index in [1.54, 1.807) is 20.8 Å². The summed E-state index contributed by atoms with van der Waals surface area (Å²) in [7, 11) is 1.32. The largest absolute Gasteiger partial charge is 0.467 e. The average Bonchev–Trinajstić information content (AvgIpc) is 2.81. The molecule has 0 amide bonds. The van der Waals surface area contributed by atoms with Crippen LogP contribution in [-0.2, 0) is 19.8 Å². The Kier molecular flexibility index (Phi) is 7.27. The molecule has 0 aliphatic carbocycles. The predicted octanol–water partition coefficient (Wildman–Crippen LogP) is 6.64. The number of carbonyl (C=O) groups is 2. The highest BCUT2D eigenvalue weighted by atomic mass is 16.7. The van der Waals surface area contributed by atoms with Crippen LogP contribution in [0.25, 0.3) is 22.3 Å². The Morgan fingerprint density at radius 2 is 1.44 bits per heavy atom. The number of Topliss-reactive ketones (excluding diaryl/α,β-unsaturated/α-hetero) is 1. The van der Waals surface area contributed by atoms with Crippen molar-refractivity contribution in [1.82, 2.24) is 5.48 Å². The minimum absolute atomic E-state index is 0.0328. The predicted molar refractivity (Wildman–Crippen MR) is 135 cm³/mol. The molecule has 0 spiro atoms. The zero-order valence-corrected chi connectivity index (χ0v) is 20.9. The lowest BCUT2D eigenvalue weighted by molar-refractivity contribution is -0.171. The molecule has 0 aliphatic rings. The van der Waals surface area contributed by atoms with Crippen molar-refractivity contribution >= 4 is 17.4 Å². The first kappa shape index (κ1) is 25.2. The van der Waals surface area contributed by atoms with Gasteiger partial charge in [-0.3, -0.25) is 4.79 Å². The number of ketones is 1. The van der Waals surface area contributed by atoms with Gasteiger partial charge in [-0.1, -0.05) is 75.4 Å². The molecule has 34 heavy (non-hydrogen) atoms. The topological polar surface area (TPSA) is 66.7 Å². The molecule has 0 saturated carbocycles. The number of methoxy groups -OCH3 is 1. The van der Waals surface area contributed by atoms with E-state index in [9.17, 15) is 9.59 Å². The van der Waals surface area contributed by atoms with Gasteiger partial charge in [0.15, 0.2) is 11.4 Å². The van der Waals surface area contributed by atoms with Crippen LogP contribution in [0.3, 0.4) is 0 Å². The van der Waals surface area contributed by atoms with Crippen molar-refractivity contribution < 1.29 is 19.2 Å². The van der Waals surface area contributed by atoms with Crippen LogP contribution in [0.4, 0.5) is 5.69 Å². The molecule has 0 fully saturated rings. The van der Waals surface area contributed by atoms with Crippen LogP contribution in [-0.4, -0.2) is 24.5 Å². The fourth-order valence-corrected chi connectivity index (χ4v) is 3.75. The third-order valence-electron chi connectivity index (χ3n) is 5.65. The Morgan fingerprint density at radius 1 is 0.824 bits per heavy atom. The van der Waals surface area contributed by atoms with E-state index >= 15 is 0 Å². The summed E-state index contributed by atoms with van der Waals surface area (Å²) in [5.41, 5.74) is 9.34. The van der Waals surface area contributed by atoms with Crippen LogP contribution in [0.1, 0.15) is 57.5 Å². The van der Waals surface area contributed by atoms with E-state index in [2.05, 4.69) is 38.4 Å². The third-order valence-corrected chi connectivity index (χ3v) is 5.65. The molecule has 0 bridgehead atoms. The maximum Gasteiger partial charge on any atom is 0.340 e. The number of ether oxygens (including phenoxy) is 1. The molecule has 0 saturated heterocycles. The van der Waals surface area contributed by atoms with Crippen LogP contribution in [0.2, 0.25) is 0 Å². The Labute approximate surface area is 202 Å². The van der Waals surface area contributed by atoms with Crippen molar-refractivity contribution in [3.8, 4) is 22.3 Å². The molecule has 177 valence electrons. The lowest BCUT2D eigenvalue weighted by Crippen LogP contribution is -2.37. The summed E-state index contributed by atoms with van der Waals surface area (Å²) in [5, 5.41) is 0. The second-order valence-electron chi connectivity index (χ2n) is 9.85. The lowest BCUT2D eigenvalue weighted by atomic mass is 9.78. The highest BCUT2D eigenvalue weighted by Gasteiger charge is 2.32. The van der Waals surface area contributed by atoms with Gasteiger partial charge in [0.05, 0.1) is 12.8 Å². The van der Waals surface area contributed by atoms with E-state index in [4.69, 9.17) is 9.57 Å². The smallest absolute Gasteiger partial charge is 0.340 e. The van der Waals surface area contributed by atoms with E-state index < -0.39 is 11.6 Å². The van der Waals surface area contributed by atoms with Gasteiger partial charge in [0.1, 0.15) is 0 Å². The summed E-state index contributed by atoms with van der Waals surface area (Å²) >= 11 is 0. The summed E-state index contributed by atoms with van der Waals surface area (Å²) in [6, 6.07) is 21.7. The van der Waals surface area contributed by atoms with E-state index in [0.717, 1.165) is 27.8 Å². The maximum atomic E-state index is 12.1. The van der Waals surface area contributed by atoms with Crippen molar-refractivity contribution in [3.05, 3.63) is 77.9 Å². The van der Waals surface area contributed by atoms with Gasteiger partial charge in [-0.2, -0.15) is 0 Å². The van der Waals surface area contributed by atoms with Gasteiger partial charge in [0.2, 0.25) is 0 Å². The molecule has 0 heterocycles. The fourth-order valence-electron chi connectivity index (χ4n) is 3.75. The second kappa shape index (κ2) is 9.82. The molecule has 0 atom stereocenters. The molecular weight excluding hydrogens is 426 g/mol. The van der Waals surface area contributed by atoms with Crippen LogP contribution >= 0.6 is 0 Å². The molecular formula is C29H32NO4. The minimum atomic E-state index is -1.22. The number of rotatable bonds is 7. The molecule has 5 nitrogen and oxygen atoms in total. The number of carbonyl (C=O) groups excluding carboxylic acids is 2. The van der Waals surface area contributed by atoms with E-state index in [-0.39, 0.29) is 11.2 Å². The van der Waals surface area contributed by atoms with Crippen LogP contribution in [0.15, 0.2) is 66.7 Å². The molecule has 1 radical (unpaired) electrons. The zero-order chi connectivity index (χ0) is 25.1. The first-order chi connectivity index (χ1) is 15.9. The Bertz CT molecular complexity index is 1170. The van der Waals surface area contributed by atoms with E-state index in [0.29, 0.717) is 11.3 Å². The minimum Gasteiger partial charge on any atom is -0.467 e. The first-order valence-corrected chi connectivity index (χ1v) is 11.3.